The van der Waals surface area contributed by atoms with Gasteiger partial charge >= 0.3 is 6.03 Å². The molecule has 0 unspecified atom stereocenters. The van der Waals surface area contributed by atoms with Gasteiger partial charge in [0, 0.05) is 38.6 Å². The zero-order valence-corrected chi connectivity index (χ0v) is 14.6. The summed E-state index contributed by atoms with van der Waals surface area (Å²) in [5, 5.41) is 7.33. The topological polar surface area (TPSA) is 50.2 Å². The fraction of sp³-hybridized carbons (Fsp3) is 0.500. The number of hydrogen-bond acceptors (Lipinski definition) is 2. The molecular formula is C20H26N4O. The summed E-state index contributed by atoms with van der Waals surface area (Å²) in [7, 11) is 0. The van der Waals surface area contributed by atoms with Crippen LogP contribution in [0.15, 0.2) is 42.7 Å². The normalized spacial score (nSPS) is 18.3. The lowest BCUT2D eigenvalue weighted by Gasteiger charge is -2.32. The number of amides is 2. The van der Waals surface area contributed by atoms with Gasteiger partial charge < -0.3 is 10.2 Å². The average molecular weight is 338 g/mol. The molecule has 2 amide bonds. The molecule has 132 valence electrons. The van der Waals surface area contributed by atoms with E-state index in [2.05, 4.69) is 34.7 Å². The number of carbonyl (C=O) groups is 1. The van der Waals surface area contributed by atoms with Crippen molar-refractivity contribution in [1.29, 1.82) is 0 Å². The summed E-state index contributed by atoms with van der Waals surface area (Å²) < 4.78 is 1.99. The largest absolute Gasteiger partial charge is 0.334 e. The molecule has 5 heteroatoms. The van der Waals surface area contributed by atoms with Gasteiger partial charge in [0.1, 0.15) is 0 Å². The highest BCUT2D eigenvalue weighted by molar-refractivity contribution is 5.74. The summed E-state index contributed by atoms with van der Waals surface area (Å²) >= 11 is 0. The summed E-state index contributed by atoms with van der Waals surface area (Å²) in [6, 6.07) is 10.7. The van der Waals surface area contributed by atoms with Crippen molar-refractivity contribution in [2.24, 2.45) is 5.92 Å². The third-order valence-electron chi connectivity index (χ3n) is 5.38. The highest BCUT2D eigenvalue weighted by atomic mass is 16.2. The van der Waals surface area contributed by atoms with Gasteiger partial charge in [-0.25, -0.2) is 4.79 Å². The van der Waals surface area contributed by atoms with E-state index in [0.29, 0.717) is 12.5 Å². The van der Waals surface area contributed by atoms with Crippen LogP contribution < -0.4 is 5.32 Å². The Kier molecular flexibility index (Phi) is 4.72. The van der Waals surface area contributed by atoms with Crippen molar-refractivity contribution in [2.75, 3.05) is 13.1 Å². The summed E-state index contributed by atoms with van der Waals surface area (Å²) in [4.78, 5) is 14.3. The maximum absolute atomic E-state index is 12.4. The zero-order valence-electron chi connectivity index (χ0n) is 14.6. The van der Waals surface area contributed by atoms with Gasteiger partial charge in [-0.3, -0.25) is 4.68 Å². The molecule has 2 heterocycles. The number of rotatable bonds is 5. The van der Waals surface area contributed by atoms with E-state index < -0.39 is 0 Å². The van der Waals surface area contributed by atoms with Gasteiger partial charge in [-0.15, -0.1) is 0 Å². The van der Waals surface area contributed by atoms with Crippen molar-refractivity contribution in [2.45, 2.75) is 44.7 Å². The second-order valence-corrected chi connectivity index (χ2v) is 7.33. The Morgan fingerprint density at radius 3 is 2.52 bits per heavy atom. The second kappa shape index (κ2) is 7.30. The number of urea groups is 1. The van der Waals surface area contributed by atoms with Crippen molar-refractivity contribution in [1.82, 2.24) is 20.0 Å². The molecule has 1 saturated carbocycles. The Morgan fingerprint density at radius 2 is 1.88 bits per heavy atom. The van der Waals surface area contributed by atoms with Crippen LogP contribution in [0.1, 0.15) is 42.7 Å². The first-order valence-electron chi connectivity index (χ1n) is 9.37. The first kappa shape index (κ1) is 16.2. The van der Waals surface area contributed by atoms with Gasteiger partial charge in [0.15, 0.2) is 0 Å². The summed E-state index contributed by atoms with van der Waals surface area (Å²) in [6.07, 6.45) is 8.57. The third kappa shape index (κ3) is 4.21. The highest BCUT2D eigenvalue weighted by Crippen LogP contribution is 2.39. The Hall–Kier alpha value is -2.30. The number of hydrogen-bond donors (Lipinski definition) is 1. The van der Waals surface area contributed by atoms with E-state index in [1.165, 1.54) is 24.0 Å². The number of benzene rings is 1. The van der Waals surface area contributed by atoms with Crippen molar-refractivity contribution in [3.8, 4) is 0 Å². The van der Waals surface area contributed by atoms with Gasteiger partial charge in [0.05, 0.1) is 0 Å². The van der Waals surface area contributed by atoms with E-state index in [4.69, 9.17) is 0 Å². The summed E-state index contributed by atoms with van der Waals surface area (Å²) in [6.45, 7) is 3.23. The first-order valence-corrected chi connectivity index (χ1v) is 9.37. The smallest absolute Gasteiger partial charge is 0.317 e. The predicted molar refractivity (Wildman–Crippen MR) is 97.2 cm³/mol. The SMILES string of the molecule is O=C(NCc1ccc(C2CC2)cc1)N1CCC(Cn2cccn2)CC1. The molecule has 1 N–H and O–H groups in total. The number of piperidine rings is 1. The van der Waals surface area contributed by atoms with Gasteiger partial charge in [-0.2, -0.15) is 5.10 Å². The molecule has 1 aromatic carbocycles. The lowest BCUT2D eigenvalue weighted by atomic mass is 9.97. The number of likely N-dealkylation sites (tertiary alicyclic amines) is 1. The molecule has 25 heavy (non-hydrogen) atoms. The van der Waals surface area contributed by atoms with Crippen molar-refractivity contribution < 1.29 is 4.79 Å². The third-order valence-corrected chi connectivity index (χ3v) is 5.38. The van der Waals surface area contributed by atoms with Crippen LogP contribution in [0, 0.1) is 5.92 Å². The summed E-state index contributed by atoms with van der Waals surface area (Å²) in [5.41, 5.74) is 2.61. The lowest BCUT2D eigenvalue weighted by Crippen LogP contribution is -2.44. The molecule has 1 saturated heterocycles. The van der Waals surface area contributed by atoms with Gasteiger partial charge in [-0.05, 0) is 54.7 Å². The molecule has 1 aromatic heterocycles. The van der Waals surface area contributed by atoms with Crippen LogP contribution in [-0.4, -0.2) is 33.8 Å². The maximum Gasteiger partial charge on any atom is 0.317 e. The van der Waals surface area contributed by atoms with Crippen LogP contribution in [0.25, 0.3) is 0 Å². The minimum Gasteiger partial charge on any atom is -0.334 e. The van der Waals surface area contributed by atoms with E-state index >= 15 is 0 Å². The Morgan fingerprint density at radius 1 is 1.12 bits per heavy atom. The van der Waals surface area contributed by atoms with Gasteiger partial charge in [0.25, 0.3) is 0 Å². The summed E-state index contributed by atoms with van der Waals surface area (Å²) in [5.74, 6) is 1.39. The number of nitrogens with zero attached hydrogens (tertiary/aromatic N) is 3. The van der Waals surface area contributed by atoms with Crippen LogP contribution in [0.5, 0.6) is 0 Å². The van der Waals surface area contributed by atoms with Crippen LogP contribution >= 0.6 is 0 Å². The molecule has 2 aliphatic rings. The van der Waals surface area contributed by atoms with E-state index in [-0.39, 0.29) is 6.03 Å². The van der Waals surface area contributed by atoms with E-state index in [9.17, 15) is 4.79 Å². The molecule has 0 atom stereocenters. The fourth-order valence-electron chi connectivity index (χ4n) is 3.61. The molecule has 2 fully saturated rings. The molecule has 5 nitrogen and oxygen atoms in total. The predicted octanol–water partition coefficient (Wildman–Crippen LogP) is 3.38. The lowest BCUT2D eigenvalue weighted by molar-refractivity contribution is 0.164. The molecule has 2 aromatic rings. The van der Waals surface area contributed by atoms with Crippen molar-refractivity contribution >= 4 is 6.03 Å². The molecule has 0 spiro atoms. The van der Waals surface area contributed by atoms with Crippen molar-refractivity contribution in [3.63, 3.8) is 0 Å². The zero-order chi connectivity index (χ0) is 17.1. The number of nitrogens with one attached hydrogen (secondary N) is 1. The van der Waals surface area contributed by atoms with E-state index in [0.717, 1.165) is 38.4 Å². The standard InChI is InChI=1S/C20H26N4O/c25-20(21-14-16-2-4-18(5-3-16)19-6-7-19)23-12-8-17(9-13-23)15-24-11-1-10-22-24/h1-5,10-11,17,19H,6-9,12-15H2,(H,21,25). The Labute approximate surface area is 149 Å². The van der Waals surface area contributed by atoms with E-state index in [1.54, 1.807) is 0 Å². The van der Waals surface area contributed by atoms with Gasteiger partial charge in [0.2, 0.25) is 0 Å². The fourth-order valence-corrected chi connectivity index (χ4v) is 3.61. The monoisotopic (exact) mass is 338 g/mol. The van der Waals surface area contributed by atoms with Crippen LogP contribution in [-0.2, 0) is 13.1 Å². The number of aromatic nitrogens is 2. The second-order valence-electron chi connectivity index (χ2n) is 7.33. The van der Waals surface area contributed by atoms with Crippen LogP contribution in [0.4, 0.5) is 4.79 Å². The molecule has 4 rings (SSSR count). The van der Waals surface area contributed by atoms with Crippen LogP contribution in [0.3, 0.4) is 0 Å². The molecule has 1 aliphatic carbocycles. The quantitative estimate of drug-likeness (QED) is 0.908. The Balaban J connectivity index is 1.20. The highest BCUT2D eigenvalue weighted by Gasteiger charge is 2.24. The minimum atomic E-state index is 0.0591. The molecular weight excluding hydrogens is 312 g/mol. The minimum absolute atomic E-state index is 0.0591. The van der Waals surface area contributed by atoms with Gasteiger partial charge in [-0.1, -0.05) is 24.3 Å². The molecule has 0 bridgehead atoms. The molecule has 0 radical (unpaired) electrons. The van der Waals surface area contributed by atoms with Crippen molar-refractivity contribution in [3.05, 3.63) is 53.9 Å². The Bertz CT molecular complexity index is 683. The van der Waals surface area contributed by atoms with Crippen LogP contribution in [0.2, 0.25) is 0 Å². The average Bonchev–Trinajstić information content (AvgIpc) is 3.38. The number of carbonyl (C=O) groups excluding carboxylic acids is 1. The van der Waals surface area contributed by atoms with E-state index in [1.807, 2.05) is 28.0 Å². The molecule has 1 aliphatic heterocycles. The maximum atomic E-state index is 12.4. The first-order chi connectivity index (χ1) is 12.3.